The maximum Gasteiger partial charge on any atom is 0.421 e. The van der Waals surface area contributed by atoms with Crippen LogP contribution in [0.5, 0.6) is 0 Å². The standard InChI is InChI=1S/C20H14Br2Cl4F6/c21-15-7-3-1-5-11(15)13(9-17(23,24)19(27,28)29)14(10-18(25,26)20(30,31)32)12-6-2-4-8-16(12)22/h1-8,13-14H,9-10H2. The van der Waals surface area contributed by atoms with Crippen LogP contribution in [0.3, 0.4) is 0 Å². The van der Waals surface area contributed by atoms with E-state index in [-0.39, 0.29) is 11.1 Å². The highest BCUT2D eigenvalue weighted by molar-refractivity contribution is 9.10. The molecule has 0 fully saturated rings. The van der Waals surface area contributed by atoms with Crippen molar-refractivity contribution in [3.63, 3.8) is 0 Å². The van der Waals surface area contributed by atoms with E-state index in [0.29, 0.717) is 8.95 Å². The molecule has 0 bridgehead atoms. The molecule has 0 saturated heterocycles. The van der Waals surface area contributed by atoms with Gasteiger partial charge in [0.05, 0.1) is 0 Å². The molecular formula is C20H14Br2Cl4F6. The summed E-state index contributed by atoms with van der Waals surface area (Å²) < 4.78 is 75.6. The highest BCUT2D eigenvalue weighted by Gasteiger charge is 2.57. The van der Waals surface area contributed by atoms with Crippen molar-refractivity contribution in [2.24, 2.45) is 0 Å². The maximum atomic E-state index is 13.6. The topological polar surface area (TPSA) is 0 Å². The Bertz CT molecular complexity index is 855. The fourth-order valence-electron chi connectivity index (χ4n) is 3.27. The van der Waals surface area contributed by atoms with E-state index in [1.807, 2.05) is 0 Å². The van der Waals surface area contributed by atoms with Crippen molar-refractivity contribution < 1.29 is 26.3 Å². The van der Waals surface area contributed by atoms with Gasteiger partial charge in [-0.1, -0.05) is 115 Å². The number of benzene rings is 2. The highest BCUT2D eigenvalue weighted by atomic mass is 79.9. The zero-order chi connectivity index (χ0) is 24.5. The van der Waals surface area contributed by atoms with Crippen molar-refractivity contribution in [2.45, 2.75) is 45.7 Å². The van der Waals surface area contributed by atoms with Gasteiger partial charge in [0, 0.05) is 8.95 Å². The molecule has 0 aromatic heterocycles. The molecule has 2 aromatic carbocycles. The second-order valence-corrected chi connectivity index (χ2v) is 11.7. The summed E-state index contributed by atoms with van der Waals surface area (Å²) in [5.41, 5.74) is 0.545. The smallest absolute Gasteiger partial charge is 0.168 e. The molecule has 178 valence electrons. The summed E-state index contributed by atoms with van der Waals surface area (Å²) in [5, 5.41) is 0. The first-order valence-electron chi connectivity index (χ1n) is 8.86. The molecule has 0 spiro atoms. The van der Waals surface area contributed by atoms with Crippen LogP contribution in [0.4, 0.5) is 26.3 Å². The normalized spacial score (nSPS) is 15.5. The monoisotopic (exact) mass is 666 g/mol. The van der Waals surface area contributed by atoms with Gasteiger partial charge in [-0.3, -0.25) is 0 Å². The Morgan fingerprint density at radius 1 is 0.594 bits per heavy atom. The fraction of sp³-hybridized carbons (Fsp3) is 0.400. The summed E-state index contributed by atoms with van der Waals surface area (Å²) in [5.74, 6) is -2.50. The molecule has 0 aliphatic heterocycles. The molecule has 2 rings (SSSR count). The van der Waals surface area contributed by atoms with Gasteiger partial charge in [-0.25, -0.2) is 0 Å². The third-order valence-electron chi connectivity index (χ3n) is 4.88. The van der Waals surface area contributed by atoms with Gasteiger partial charge < -0.3 is 0 Å². The van der Waals surface area contributed by atoms with Crippen LogP contribution < -0.4 is 0 Å². The molecule has 0 radical (unpaired) electrons. The van der Waals surface area contributed by atoms with Crippen LogP contribution in [0, 0.1) is 0 Å². The van der Waals surface area contributed by atoms with E-state index in [0.717, 1.165) is 0 Å². The molecule has 32 heavy (non-hydrogen) atoms. The molecule has 2 unspecified atom stereocenters. The lowest BCUT2D eigenvalue weighted by Gasteiger charge is -2.37. The number of alkyl halides is 10. The minimum Gasteiger partial charge on any atom is -0.168 e. The van der Waals surface area contributed by atoms with Gasteiger partial charge in [0.2, 0.25) is 8.67 Å². The average molecular weight is 670 g/mol. The van der Waals surface area contributed by atoms with Gasteiger partial charge in [0.15, 0.2) is 0 Å². The van der Waals surface area contributed by atoms with E-state index < -0.39 is 45.7 Å². The second-order valence-electron chi connectivity index (χ2n) is 7.07. The van der Waals surface area contributed by atoms with Gasteiger partial charge in [0.1, 0.15) is 0 Å². The SMILES string of the molecule is FC(F)(F)C(Cl)(Cl)CC(c1ccccc1Br)C(CC(Cl)(Cl)C(F)(F)F)c1ccccc1Br. The molecular weight excluding hydrogens is 656 g/mol. The first-order valence-corrected chi connectivity index (χ1v) is 12.0. The number of rotatable bonds is 7. The summed E-state index contributed by atoms with van der Waals surface area (Å²) in [6, 6.07) is 12.4. The van der Waals surface area contributed by atoms with Crippen molar-refractivity contribution in [2.75, 3.05) is 0 Å². The molecule has 0 N–H and O–H groups in total. The van der Waals surface area contributed by atoms with Gasteiger partial charge in [-0.05, 0) is 47.9 Å². The highest BCUT2D eigenvalue weighted by Crippen LogP contribution is 2.55. The van der Waals surface area contributed by atoms with E-state index in [2.05, 4.69) is 31.9 Å². The van der Waals surface area contributed by atoms with Crippen molar-refractivity contribution in [3.8, 4) is 0 Å². The van der Waals surface area contributed by atoms with Crippen LogP contribution in [-0.2, 0) is 0 Å². The van der Waals surface area contributed by atoms with Gasteiger partial charge >= 0.3 is 12.4 Å². The molecule has 0 aliphatic carbocycles. The number of hydrogen-bond donors (Lipinski definition) is 0. The third-order valence-corrected chi connectivity index (χ3v) is 7.80. The lowest BCUT2D eigenvalue weighted by Crippen LogP contribution is -2.39. The predicted molar refractivity (Wildman–Crippen MR) is 124 cm³/mol. The quantitative estimate of drug-likeness (QED) is 0.203. The molecule has 0 saturated carbocycles. The largest absolute Gasteiger partial charge is 0.421 e. The van der Waals surface area contributed by atoms with Crippen LogP contribution >= 0.6 is 78.3 Å². The van der Waals surface area contributed by atoms with Crippen LogP contribution in [0.15, 0.2) is 57.5 Å². The molecule has 0 heterocycles. The van der Waals surface area contributed by atoms with Crippen molar-refractivity contribution in [3.05, 3.63) is 68.6 Å². The van der Waals surface area contributed by atoms with Gasteiger partial charge in [-0.15, -0.1) is 0 Å². The first-order chi connectivity index (χ1) is 14.5. The average Bonchev–Trinajstić information content (AvgIpc) is 2.64. The Balaban J connectivity index is 2.74. The predicted octanol–water partition coefficient (Wildman–Crippen LogP) is 10.3. The van der Waals surface area contributed by atoms with E-state index >= 15 is 0 Å². The van der Waals surface area contributed by atoms with E-state index in [1.165, 1.54) is 12.1 Å². The van der Waals surface area contributed by atoms with Crippen molar-refractivity contribution in [1.82, 2.24) is 0 Å². The summed E-state index contributed by atoms with van der Waals surface area (Å²) >= 11 is 29.2. The molecule has 0 amide bonds. The summed E-state index contributed by atoms with van der Waals surface area (Å²) in [6.45, 7) is 0. The fourth-order valence-corrected chi connectivity index (χ4v) is 5.10. The van der Waals surface area contributed by atoms with Crippen molar-refractivity contribution in [1.29, 1.82) is 0 Å². The van der Waals surface area contributed by atoms with Crippen LogP contribution in [0.1, 0.15) is 35.8 Å². The first kappa shape index (κ1) is 28.4. The lowest BCUT2D eigenvalue weighted by molar-refractivity contribution is -0.148. The van der Waals surface area contributed by atoms with E-state index in [4.69, 9.17) is 46.4 Å². The van der Waals surface area contributed by atoms with E-state index in [1.54, 1.807) is 36.4 Å². The Morgan fingerprint density at radius 3 is 1.12 bits per heavy atom. The summed E-state index contributed by atoms with van der Waals surface area (Å²) in [6.07, 6.45) is -12.0. The zero-order valence-corrected chi connectivity index (χ0v) is 21.9. The molecule has 0 nitrogen and oxygen atoms in total. The minimum atomic E-state index is -5.04. The van der Waals surface area contributed by atoms with Gasteiger partial charge in [-0.2, -0.15) is 26.3 Å². The molecule has 2 aromatic rings. The Morgan fingerprint density at radius 2 is 0.875 bits per heavy atom. The lowest BCUT2D eigenvalue weighted by atomic mass is 9.76. The third kappa shape index (κ3) is 6.63. The molecule has 12 heteroatoms. The van der Waals surface area contributed by atoms with Crippen LogP contribution in [0.2, 0.25) is 0 Å². The molecule has 2 atom stereocenters. The van der Waals surface area contributed by atoms with Gasteiger partial charge in [0.25, 0.3) is 0 Å². The summed E-state index contributed by atoms with van der Waals surface area (Å²) in [4.78, 5) is 0. The van der Waals surface area contributed by atoms with Crippen LogP contribution in [-0.4, -0.2) is 21.0 Å². The Kier molecular flexibility index (Phi) is 9.23. The second kappa shape index (κ2) is 10.4. The number of halogens is 12. The van der Waals surface area contributed by atoms with Crippen molar-refractivity contribution >= 4 is 78.3 Å². The Labute approximate surface area is 217 Å². The maximum absolute atomic E-state index is 13.6. The minimum absolute atomic E-state index is 0.273. The van der Waals surface area contributed by atoms with E-state index in [9.17, 15) is 26.3 Å². The number of hydrogen-bond acceptors (Lipinski definition) is 0. The molecule has 0 aliphatic rings. The Hall–Kier alpha value is 0.140. The zero-order valence-electron chi connectivity index (χ0n) is 15.7. The summed E-state index contributed by atoms with van der Waals surface area (Å²) in [7, 11) is 0. The van der Waals surface area contributed by atoms with Crippen LogP contribution in [0.25, 0.3) is 0 Å².